The second-order valence-corrected chi connectivity index (χ2v) is 4.29. The van der Waals surface area contributed by atoms with Crippen molar-refractivity contribution in [2.45, 2.75) is 26.4 Å². The molecular formula is C13H17N3O2. The van der Waals surface area contributed by atoms with Crippen LogP contribution in [-0.2, 0) is 16.1 Å². The molecule has 96 valence electrons. The van der Waals surface area contributed by atoms with Gasteiger partial charge in [-0.1, -0.05) is 13.8 Å². The van der Waals surface area contributed by atoms with Crippen LogP contribution in [0.15, 0.2) is 18.3 Å². The van der Waals surface area contributed by atoms with E-state index in [9.17, 15) is 4.79 Å². The van der Waals surface area contributed by atoms with Gasteiger partial charge in [0, 0.05) is 12.7 Å². The topological polar surface area (TPSA) is 75.0 Å². The Hall–Kier alpha value is -1.93. The molecule has 0 aliphatic carbocycles. The largest absolute Gasteiger partial charge is 0.468 e. The summed E-state index contributed by atoms with van der Waals surface area (Å²) in [5.41, 5.74) is 1.28. The van der Waals surface area contributed by atoms with Crippen LogP contribution in [0.25, 0.3) is 0 Å². The number of methoxy groups -OCH3 is 1. The van der Waals surface area contributed by atoms with Gasteiger partial charge in [-0.05, 0) is 23.6 Å². The minimum atomic E-state index is -0.353. The highest BCUT2D eigenvalue weighted by Crippen LogP contribution is 2.06. The average Bonchev–Trinajstić information content (AvgIpc) is 2.38. The van der Waals surface area contributed by atoms with Gasteiger partial charge < -0.3 is 10.1 Å². The second kappa shape index (κ2) is 6.72. The molecule has 0 aliphatic heterocycles. The van der Waals surface area contributed by atoms with Crippen molar-refractivity contribution in [1.29, 1.82) is 5.26 Å². The number of nitrogens with one attached hydrogen (secondary N) is 1. The van der Waals surface area contributed by atoms with Gasteiger partial charge in [0.2, 0.25) is 0 Å². The summed E-state index contributed by atoms with van der Waals surface area (Å²) in [6.07, 6.45) is 1.58. The van der Waals surface area contributed by atoms with Crippen molar-refractivity contribution in [3.05, 3.63) is 29.6 Å². The minimum absolute atomic E-state index is 0.134. The van der Waals surface area contributed by atoms with E-state index in [0.29, 0.717) is 12.2 Å². The van der Waals surface area contributed by atoms with Crippen LogP contribution in [0.2, 0.25) is 0 Å². The number of rotatable bonds is 5. The fraction of sp³-hybridized carbons (Fsp3) is 0.462. The first-order valence-corrected chi connectivity index (χ1v) is 5.74. The van der Waals surface area contributed by atoms with Crippen molar-refractivity contribution >= 4 is 5.97 Å². The maximum absolute atomic E-state index is 11.5. The molecule has 0 spiro atoms. The zero-order valence-corrected chi connectivity index (χ0v) is 10.8. The van der Waals surface area contributed by atoms with Gasteiger partial charge in [0.15, 0.2) is 0 Å². The Morgan fingerprint density at radius 2 is 2.33 bits per heavy atom. The average molecular weight is 247 g/mol. The summed E-state index contributed by atoms with van der Waals surface area (Å²) in [6.45, 7) is 4.39. The highest BCUT2D eigenvalue weighted by Gasteiger charge is 2.21. The molecule has 0 saturated carbocycles. The molecule has 18 heavy (non-hydrogen) atoms. The normalized spacial score (nSPS) is 11.9. The molecule has 1 N–H and O–H groups in total. The smallest absolute Gasteiger partial charge is 0.323 e. The molecule has 1 heterocycles. The zero-order chi connectivity index (χ0) is 13.5. The molecule has 1 rings (SSSR count). The number of pyridine rings is 1. The van der Waals surface area contributed by atoms with Gasteiger partial charge in [-0.15, -0.1) is 0 Å². The number of nitriles is 1. The summed E-state index contributed by atoms with van der Waals surface area (Å²) >= 11 is 0. The highest BCUT2D eigenvalue weighted by atomic mass is 16.5. The Morgan fingerprint density at radius 3 is 2.89 bits per heavy atom. The maximum atomic E-state index is 11.5. The number of ether oxygens (including phenoxy) is 1. The lowest BCUT2D eigenvalue weighted by Gasteiger charge is -2.19. The van der Waals surface area contributed by atoms with E-state index in [-0.39, 0.29) is 17.9 Å². The third-order valence-corrected chi connectivity index (χ3v) is 2.59. The summed E-state index contributed by atoms with van der Waals surface area (Å²) in [7, 11) is 1.37. The number of carbonyl (C=O) groups excluding carboxylic acids is 1. The van der Waals surface area contributed by atoms with Crippen molar-refractivity contribution in [3.8, 4) is 6.07 Å². The van der Waals surface area contributed by atoms with Crippen LogP contribution >= 0.6 is 0 Å². The first kappa shape index (κ1) is 14.1. The quantitative estimate of drug-likeness (QED) is 0.792. The van der Waals surface area contributed by atoms with E-state index in [4.69, 9.17) is 10.00 Å². The summed E-state index contributed by atoms with van der Waals surface area (Å²) in [6, 6.07) is 5.13. The lowest BCUT2D eigenvalue weighted by Crippen LogP contribution is -2.41. The Balaban J connectivity index is 2.67. The van der Waals surface area contributed by atoms with Gasteiger partial charge in [0.05, 0.1) is 7.11 Å². The number of esters is 1. The molecule has 1 aromatic rings. The molecule has 1 atom stereocenters. The molecule has 0 aliphatic rings. The third kappa shape index (κ3) is 3.82. The summed E-state index contributed by atoms with van der Waals surface area (Å²) in [5, 5.41) is 11.9. The first-order valence-electron chi connectivity index (χ1n) is 5.74. The Kier molecular flexibility index (Phi) is 5.28. The number of aromatic nitrogens is 1. The molecule has 5 heteroatoms. The predicted molar refractivity (Wildman–Crippen MR) is 66.4 cm³/mol. The lowest BCUT2D eigenvalue weighted by molar-refractivity contribution is -0.144. The summed E-state index contributed by atoms with van der Waals surface area (Å²) in [5.74, 6) is -0.144. The molecule has 1 unspecified atom stereocenters. The molecule has 5 nitrogen and oxygen atoms in total. The summed E-state index contributed by atoms with van der Waals surface area (Å²) < 4.78 is 4.74. The van der Waals surface area contributed by atoms with E-state index >= 15 is 0 Å². The molecule has 0 aromatic carbocycles. The van der Waals surface area contributed by atoms with Crippen molar-refractivity contribution < 1.29 is 9.53 Å². The van der Waals surface area contributed by atoms with Crippen LogP contribution in [0.1, 0.15) is 25.1 Å². The van der Waals surface area contributed by atoms with Crippen LogP contribution in [0, 0.1) is 17.2 Å². The summed E-state index contributed by atoms with van der Waals surface area (Å²) in [4.78, 5) is 15.4. The van der Waals surface area contributed by atoms with Crippen molar-refractivity contribution in [2.75, 3.05) is 7.11 Å². The fourth-order valence-corrected chi connectivity index (χ4v) is 1.59. The van der Waals surface area contributed by atoms with E-state index in [1.807, 2.05) is 26.0 Å². The molecule has 0 saturated heterocycles. The number of nitrogens with zero attached hydrogens (tertiary/aromatic N) is 2. The van der Waals surface area contributed by atoms with Crippen molar-refractivity contribution in [1.82, 2.24) is 10.3 Å². The lowest BCUT2D eigenvalue weighted by atomic mass is 10.0. The molecule has 1 aromatic heterocycles. The van der Waals surface area contributed by atoms with E-state index < -0.39 is 0 Å². The van der Waals surface area contributed by atoms with Crippen molar-refractivity contribution in [2.24, 2.45) is 5.92 Å². The van der Waals surface area contributed by atoms with Crippen LogP contribution in [0.4, 0.5) is 0 Å². The third-order valence-electron chi connectivity index (χ3n) is 2.59. The van der Waals surface area contributed by atoms with E-state index in [1.54, 1.807) is 12.3 Å². The molecular weight excluding hydrogens is 230 g/mol. The van der Waals surface area contributed by atoms with Gasteiger partial charge in [0.25, 0.3) is 0 Å². The Labute approximate surface area is 107 Å². The van der Waals surface area contributed by atoms with Gasteiger partial charge in [-0.25, -0.2) is 4.98 Å². The highest BCUT2D eigenvalue weighted by molar-refractivity contribution is 5.75. The van der Waals surface area contributed by atoms with Gasteiger partial charge in [-0.3, -0.25) is 4.79 Å². The molecule has 0 amide bonds. The Morgan fingerprint density at radius 1 is 1.61 bits per heavy atom. The number of carbonyl (C=O) groups is 1. The molecule has 0 fully saturated rings. The van der Waals surface area contributed by atoms with Crippen LogP contribution in [-0.4, -0.2) is 24.1 Å². The standard InChI is InChI=1S/C13H17N3O2/c1-9(2)12(13(17)18-3)16-8-10-4-5-15-11(6-10)7-14/h4-6,9,12,16H,8H2,1-3H3. The first-order chi connectivity index (χ1) is 8.58. The second-order valence-electron chi connectivity index (χ2n) is 4.29. The monoisotopic (exact) mass is 247 g/mol. The molecule has 0 bridgehead atoms. The minimum Gasteiger partial charge on any atom is -0.468 e. The fourth-order valence-electron chi connectivity index (χ4n) is 1.59. The van der Waals surface area contributed by atoms with Gasteiger partial charge in [-0.2, -0.15) is 5.26 Å². The van der Waals surface area contributed by atoms with E-state index in [0.717, 1.165) is 5.56 Å². The van der Waals surface area contributed by atoms with E-state index in [2.05, 4.69) is 10.3 Å². The van der Waals surface area contributed by atoms with Gasteiger partial charge in [0.1, 0.15) is 17.8 Å². The SMILES string of the molecule is COC(=O)C(NCc1ccnc(C#N)c1)C(C)C. The zero-order valence-electron chi connectivity index (χ0n) is 10.8. The van der Waals surface area contributed by atoms with Crippen LogP contribution < -0.4 is 5.32 Å². The maximum Gasteiger partial charge on any atom is 0.323 e. The van der Waals surface area contributed by atoms with Crippen LogP contribution in [0.5, 0.6) is 0 Å². The van der Waals surface area contributed by atoms with Crippen LogP contribution in [0.3, 0.4) is 0 Å². The van der Waals surface area contributed by atoms with Gasteiger partial charge >= 0.3 is 5.97 Å². The number of hydrogen-bond donors (Lipinski definition) is 1. The number of hydrogen-bond acceptors (Lipinski definition) is 5. The predicted octanol–water partition coefficient (Wildman–Crippen LogP) is 1.24. The Bertz CT molecular complexity index is 452. The van der Waals surface area contributed by atoms with E-state index in [1.165, 1.54) is 7.11 Å². The molecule has 0 radical (unpaired) electrons. The van der Waals surface area contributed by atoms with Crippen molar-refractivity contribution in [3.63, 3.8) is 0 Å².